The van der Waals surface area contributed by atoms with Crippen molar-refractivity contribution in [3.8, 4) is 18.4 Å². The van der Waals surface area contributed by atoms with Crippen molar-refractivity contribution in [3.63, 3.8) is 0 Å². The number of ether oxygens (including phenoxy) is 3. The Kier molecular flexibility index (Phi) is 9.06. The van der Waals surface area contributed by atoms with Crippen LogP contribution in [0.4, 0.5) is 0 Å². The van der Waals surface area contributed by atoms with E-state index in [-0.39, 0.29) is 38.6 Å². The minimum Gasteiger partial charge on any atom is -0.462 e. The third-order valence-electron chi connectivity index (χ3n) is 4.76. The van der Waals surface area contributed by atoms with E-state index in [0.717, 1.165) is 5.56 Å². The normalized spacial score (nSPS) is 18.4. The highest BCUT2D eigenvalue weighted by Gasteiger charge is 2.44. The number of esters is 2. The fourth-order valence-corrected chi connectivity index (χ4v) is 4.86. The lowest BCUT2D eigenvalue weighted by Crippen LogP contribution is -2.40. The summed E-state index contributed by atoms with van der Waals surface area (Å²) < 4.78 is 14.9. The zero-order valence-electron chi connectivity index (χ0n) is 17.6. The predicted octanol–water partition coefficient (Wildman–Crippen LogP) is 3.67. The van der Waals surface area contributed by atoms with Crippen LogP contribution in [-0.2, 0) is 23.8 Å². The Labute approximate surface area is 192 Å². The first-order chi connectivity index (χ1) is 14.7. The van der Waals surface area contributed by atoms with Crippen molar-refractivity contribution in [1.29, 1.82) is 5.26 Å². The molecule has 31 heavy (non-hydrogen) atoms. The molecule has 1 fully saturated rings. The van der Waals surface area contributed by atoms with E-state index in [4.69, 9.17) is 32.9 Å². The second-order valence-corrected chi connectivity index (χ2v) is 9.93. The minimum absolute atomic E-state index is 0.0145. The molecule has 0 aliphatic carbocycles. The lowest BCUT2D eigenvalue weighted by atomic mass is 9.78. The maximum absolute atomic E-state index is 13.1. The van der Waals surface area contributed by atoms with Gasteiger partial charge < -0.3 is 14.2 Å². The first kappa shape index (κ1) is 24.9. The summed E-state index contributed by atoms with van der Waals surface area (Å²) in [6.07, 6.45) is 5.38. The van der Waals surface area contributed by atoms with Gasteiger partial charge in [0.15, 0.2) is 6.61 Å². The second-order valence-electron chi connectivity index (χ2n) is 7.75. The van der Waals surface area contributed by atoms with Crippen LogP contribution in [-0.4, -0.2) is 46.8 Å². The fraction of sp³-hybridized carbons (Fsp3) is 0.478. The van der Waals surface area contributed by atoms with Gasteiger partial charge in [-0.15, -0.1) is 6.42 Å². The van der Waals surface area contributed by atoms with Crippen molar-refractivity contribution in [3.05, 3.63) is 35.9 Å². The molecule has 0 saturated carbocycles. The van der Waals surface area contributed by atoms with Gasteiger partial charge in [-0.05, 0) is 32.3 Å². The number of hydrogen-bond donors (Lipinski definition) is 0. The number of nitrogens with zero attached hydrogens (tertiary/aromatic N) is 1. The molecule has 1 aromatic carbocycles. The van der Waals surface area contributed by atoms with Gasteiger partial charge in [0.05, 0.1) is 22.3 Å². The molecule has 1 saturated heterocycles. The summed E-state index contributed by atoms with van der Waals surface area (Å²) in [6.45, 7) is 4.04. The molecule has 1 heterocycles. The molecular weight excluding hydrogens is 434 g/mol. The lowest BCUT2D eigenvalue weighted by Gasteiger charge is -2.33. The van der Waals surface area contributed by atoms with Gasteiger partial charge in [0, 0.05) is 6.42 Å². The number of nitriles is 1. The Morgan fingerprint density at radius 2 is 2.00 bits per heavy atom. The summed E-state index contributed by atoms with van der Waals surface area (Å²) in [7, 11) is 0. The molecule has 164 valence electrons. The molecular formula is C23H25NO5S2. The monoisotopic (exact) mass is 459 g/mol. The van der Waals surface area contributed by atoms with Crippen LogP contribution in [0.5, 0.6) is 0 Å². The number of rotatable bonds is 11. The van der Waals surface area contributed by atoms with Crippen LogP contribution in [0.25, 0.3) is 0 Å². The number of thioether (sulfide) groups is 1. The number of carbonyl (C=O) groups is 2. The molecule has 1 aromatic rings. The molecule has 0 spiro atoms. The molecule has 6 nitrogen and oxygen atoms in total. The number of epoxide rings is 1. The number of thiocarbonyl (C=S) groups is 1. The Bertz CT molecular complexity index is 887. The average molecular weight is 460 g/mol. The van der Waals surface area contributed by atoms with Crippen LogP contribution in [0.1, 0.15) is 38.7 Å². The molecule has 1 aliphatic rings. The molecule has 0 N–H and O–H groups in total. The molecule has 0 bridgehead atoms. The van der Waals surface area contributed by atoms with E-state index >= 15 is 0 Å². The Balaban J connectivity index is 2.15. The number of carbonyl (C=O) groups excluding carboxylic acids is 2. The third kappa shape index (κ3) is 7.99. The first-order valence-corrected chi connectivity index (χ1v) is 11.0. The summed E-state index contributed by atoms with van der Waals surface area (Å²) in [6, 6.07) is 11.6. The van der Waals surface area contributed by atoms with Crippen LogP contribution in [0.3, 0.4) is 0 Å². The standard InChI is InChI=1S/C23H25NO5S2/c1-4-12-27-19(25)10-11-22(2,16-24)15-23(3,21(26)29-14-18-13-28-18)31-20(30)17-8-6-5-7-9-17/h1,5-9,18H,10-15H2,2-3H3. The molecule has 8 heteroatoms. The Morgan fingerprint density at radius 3 is 2.58 bits per heavy atom. The maximum atomic E-state index is 13.1. The van der Waals surface area contributed by atoms with Crippen LogP contribution in [0, 0.1) is 29.1 Å². The fourth-order valence-electron chi connectivity index (χ4n) is 2.97. The van der Waals surface area contributed by atoms with Gasteiger partial charge in [-0.3, -0.25) is 9.59 Å². The van der Waals surface area contributed by atoms with Crippen molar-refractivity contribution in [2.45, 2.75) is 44.0 Å². The van der Waals surface area contributed by atoms with E-state index in [2.05, 4.69) is 12.0 Å². The molecule has 0 radical (unpaired) electrons. The molecule has 3 unspecified atom stereocenters. The highest BCUT2D eigenvalue weighted by Crippen LogP contribution is 2.42. The van der Waals surface area contributed by atoms with Crippen molar-refractivity contribution in [2.24, 2.45) is 5.41 Å². The van der Waals surface area contributed by atoms with Crippen LogP contribution in [0.2, 0.25) is 0 Å². The molecule has 0 amide bonds. The maximum Gasteiger partial charge on any atom is 0.322 e. The van der Waals surface area contributed by atoms with E-state index in [0.29, 0.717) is 10.8 Å². The summed E-state index contributed by atoms with van der Waals surface area (Å²) in [5.74, 6) is 1.28. The Morgan fingerprint density at radius 1 is 1.32 bits per heavy atom. The average Bonchev–Trinajstić information content (AvgIpc) is 3.59. The first-order valence-electron chi connectivity index (χ1n) is 9.79. The highest BCUT2D eigenvalue weighted by molar-refractivity contribution is 8.25. The largest absolute Gasteiger partial charge is 0.462 e. The topological polar surface area (TPSA) is 88.9 Å². The summed E-state index contributed by atoms with van der Waals surface area (Å²) in [5.41, 5.74) is -0.179. The lowest BCUT2D eigenvalue weighted by molar-refractivity contribution is -0.147. The third-order valence-corrected chi connectivity index (χ3v) is 6.43. The van der Waals surface area contributed by atoms with Crippen molar-refractivity contribution in [1.82, 2.24) is 0 Å². The Hall–Kier alpha value is -2.39. The van der Waals surface area contributed by atoms with E-state index in [1.54, 1.807) is 13.8 Å². The van der Waals surface area contributed by atoms with E-state index in [1.807, 2.05) is 30.3 Å². The predicted molar refractivity (Wildman–Crippen MR) is 122 cm³/mol. The second kappa shape index (κ2) is 11.3. The van der Waals surface area contributed by atoms with Gasteiger partial charge in [-0.1, -0.05) is 60.2 Å². The van der Waals surface area contributed by atoms with Crippen LogP contribution < -0.4 is 0 Å². The van der Waals surface area contributed by atoms with Crippen molar-refractivity contribution >= 4 is 40.1 Å². The zero-order valence-corrected chi connectivity index (χ0v) is 19.2. The van der Waals surface area contributed by atoms with E-state index < -0.39 is 22.1 Å². The van der Waals surface area contributed by atoms with Crippen molar-refractivity contribution < 1.29 is 23.8 Å². The van der Waals surface area contributed by atoms with Crippen molar-refractivity contribution in [2.75, 3.05) is 19.8 Å². The summed E-state index contributed by atoms with van der Waals surface area (Å²) >= 11 is 6.76. The van der Waals surface area contributed by atoms with E-state index in [1.165, 1.54) is 11.8 Å². The molecule has 0 aromatic heterocycles. The molecule has 3 atom stereocenters. The van der Waals surface area contributed by atoms with E-state index in [9.17, 15) is 14.9 Å². The van der Waals surface area contributed by atoms with Crippen LogP contribution >= 0.6 is 24.0 Å². The quantitative estimate of drug-likeness (QED) is 0.214. The van der Waals surface area contributed by atoms with Gasteiger partial charge in [0.2, 0.25) is 0 Å². The van der Waals surface area contributed by atoms with Gasteiger partial charge >= 0.3 is 11.9 Å². The SMILES string of the molecule is C#CCOC(=O)CCC(C)(C#N)CC(C)(SC(=S)c1ccccc1)C(=O)OCC1CO1. The number of hydrogen-bond acceptors (Lipinski definition) is 8. The summed E-state index contributed by atoms with van der Waals surface area (Å²) in [4.78, 5) is 24.9. The number of terminal acetylenes is 1. The molecule has 1 aliphatic heterocycles. The number of benzene rings is 1. The molecule has 2 rings (SSSR count). The van der Waals surface area contributed by atoms with Gasteiger partial charge in [0.1, 0.15) is 17.5 Å². The van der Waals surface area contributed by atoms with Crippen LogP contribution in [0.15, 0.2) is 30.3 Å². The van der Waals surface area contributed by atoms with Gasteiger partial charge in [-0.25, -0.2) is 0 Å². The van der Waals surface area contributed by atoms with Gasteiger partial charge in [-0.2, -0.15) is 5.26 Å². The zero-order chi connectivity index (χ0) is 22.9. The smallest absolute Gasteiger partial charge is 0.322 e. The minimum atomic E-state index is -1.13. The highest BCUT2D eigenvalue weighted by atomic mass is 32.2. The summed E-state index contributed by atoms with van der Waals surface area (Å²) in [5, 5.41) is 9.85. The van der Waals surface area contributed by atoms with Gasteiger partial charge in [0.25, 0.3) is 0 Å².